The van der Waals surface area contributed by atoms with Gasteiger partial charge in [0.1, 0.15) is 5.84 Å². The number of ether oxygens (including phenoxy) is 1. The van der Waals surface area contributed by atoms with Gasteiger partial charge >= 0.3 is 5.97 Å². The van der Waals surface area contributed by atoms with Crippen molar-refractivity contribution in [2.24, 2.45) is 4.99 Å². The Morgan fingerprint density at radius 1 is 1.14 bits per heavy atom. The molecule has 0 radical (unpaired) electrons. The quantitative estimate of drug-likeness (QED) is 0.612. The van der Waals surface area contributed by atoms with E-state index in [0.717, 1.165) is 12.8 Å². The molecular weight excluding hydrogens is 394 g/mol. The van der Waals surface area contributed by atoms with Crippen molar-refractivity contribution in [3.8, 4) is 0 Å². The molecular formula is C20H29N3O5S. The van der Waals surface area contributed by atoms with Gasteiger partial charge in [-0.25, -0.2) is 8.42 Å². The van der Waals surface area contributed by atoms with Crippen molar-refractivity contribution in [1.82, 2.24) is 9.62 Å². The van der Waals surface area contributed by atoms with E-state index in [-0.39, 0.29) is 48.3 Å². The van der Waals surface area contributed by atoms with Crippen LogP contribution in [-0.4, -0.2) is 56.3 Å². The summed E-state index contributed by atoms with van der Waals surface area (Å²) < 4.78 is 31.6. The van der Waals surface area contributed by atoms with Crippen molar-refractivity contribution in [3.05, 3.63) is 29.8 Å². The van der Waals surface area contributed by atoms with E-state index in [1.165, 1.54) is 6.07 Å². The fourth-order valence-corrected chi connectivity index (χ4v) is 4.37. The molecule has 0 bridgehead atoms. The Labute approximate surface area is 172 Å². The number of hydrogen-bond donors (Lipinski definition) is 1. The first-order chi connectivity index (χ1) is 13.7. The third kappa shape index (κ3) is 5.56. The van der Waals surface area contributed by atoms with Crippen LogP contribution in [0.4, 0.5) is 0 Å². The third-order valence-corrected chi connectivity index (χ3v) is 6.42. The van der Waals surface area contributed by atoms with Gasteiger partial charge in [0, 0.05) is 17.6 Å². The van der Waals surface area contributed by atoms with Gasteiger partial charge in [-0.15, -0.1) is 0 Å². The molecule has 1 aromatic rings. The molecule has 1 N–H and O–H groups in total. The Kier molecular flexibility index (Phi) is 7.78. The number of carbonyl (C=O) groups excluding carboxylic acids is 2. The van der Waals surface area contributed by atoms with Gasteiger partial charge in [-0.3, -0.25) is 19.3 Å². The first kappa shape index (κ1) is 22.9. The molecule has 1 aromatic carbocycles. The standard InChI is InChI=1S/C20H29N3O5S/c1-5-14(3)23(15(4)6-2)18(24)13-28-19(25)11-12-21-20-16-9-7-8-10-17(16)29(26,27)22-20/h7-10,14-15H,5-6,11-13H2,1-4H3,(H,21,22)/t14-,15-/m0/s1. The van der Waals surface area contributed by atoms with E-state index in [2.05, 4.69) is 9.71 Å². The molecule has 9 heteroatoms. The smallest absolute Gasteiger partial charge is 0.308 e. The van der Waals surface area contributed by atoms with Crippen molar-refractivity contribution in [2.75, 3.05) is 13.2 Å². The maximum atomic E-state index is 12.5. The van der Waals surface area contributed by atoms with Gasteiger partial charge in [-0.1, -0.05) is 26.0 Å². The molecule has 2 rings (SSSR count). The van der Waals surface area contributed by atoms with E-state index in [4.69, 9.17) is 4.74 Å². The van der Waals surface area contributed by atoms with Gasteiger partial charge < -0.3 is 9.64 Å². The van der Waals surface area contributed by atoms with E-state index in [0.29, 0.717) is 5.56 Å². The summed E-state index contributed by atoms with van der Waals surface area (Å²) in [6.45, 7) is 7.71. The molecule has 8 nitrogen and oxygen atoms in total. The Morgan fingerprint density at radius 2 is 1.76 bits per heavy atom. The van der Waals surface area contributed by atoms with Crippen molar-refractivity contribution >= 4 is 27.7 Å². The van der Waals surface area contributed by atoms with Crippen molar-refractivity contribution < 1.29 is 22.7 Å². The normalized spacial score (nSPS) is 17.9. The van der Waals surface area contributed by atoms with Crippen LogP contribution in [-0.2, 0) is 24.3 Å². The second kappa shape index (κ2) is 9.87. The maximum absolute atomic E-state index is 12.5. The Morgan fingerprint density at radius 3 is 2.38 bits per heavy atom. The number of sulfonamides is 1. The van der Waals surface area contributed by atoms with Crippen LogP contribution in [0, 0.1) is 0 Å². The summed E-state index contributed by atoms with van der Waals surface area (Å²) in [4.78, 5) is 30.6. The second-order valence-electron chi connectivity index (χ2n) is 7.06. The molecule has 0 saturated heterocycles. The minimum atomic E-state index is -3.61. The monoisotopic (exact) mass is 423 g/mol. The molecule has 0 fully saturated rings. The summed E-state index contributed by atoms with van der Waals surface area (Å²) in [6, 6.07) is 6.65. The lowest BCUT2D eigenvalue weighted by Gasteiger charge is -2.33. The number of benzene rings is 1. The summed E-state index contributed by atoms with van der Waals surface area (Å²) in [5.41, 5.74) is 0.480. The van der Waals surface area contributed by atoms with Crippen LogP contribution in [0.25, 0.3) is 0 Å². The number of amidine groups is 1. The molecule has 1 aliphatic rings. The number of carbonyl (C=O) groups is 2. The number of hydrogen-bond acceptors (Lipinski definition) is 6. The Bertz CT molecular complexity index is 872. The molecule has 0 aromatic heterocycles. The molecule has 0 aliphatic carbocycles. The summed E-state index contributed by atoms with van der Waals surface area (Å²) in [5.74, 6) is -0.555. The molecule has 2 atom stereocenters. The molecule has 29 heavy (non-hydrogen) atoms. The van der Waals surface area contributed by atoms with Gasteiger partial charge in [0.25, 0.3) is 15.9 Å². The highest BCUT2D eigenvalue weighted by Gasteiger charge is 2.30. The molecule has 160 valence electrons. The van der Waals surface area contributed by atoms with Gasteiger partial charge in [0.15, 0.2) is 6.61 Å². The van der Waals surface area contributed by atoms with Crippen LogP contribution in [0.15, 0.2) is 34.2 Å². The van der Waals surface area contributed by atoms with Gasteiger partial charge in [-0.2, -0.15) is 0 Å². The number of nitrogens with zero attached hydrogens (tertiary/aromatic N) is 2. The van der Waals surface area contributed by atoms with E-state index in [9.17, 15) is 18.0 Å². The number of nitrogens with one attached hydrogen (secondary N) is 1. The predicted octanol–water partition coefficient (Wildman–Crippen LogP) is 2.08. The van der Waals surface area contributed by atoms with E-state index >= 15 is 0 Å². The lowest BCUT2D eigenvalue weighted by molar-refractivity contribution is -0.154. The first-order valence-corrected chi connectivity index (χ1v) is 11.3. The minimum Gasteiger partial charge on any atom is -0.456 e. The average molecular weight is 424 g/mol. The topological polar surface area (TPSA) is 105 Å². The lowest BCUT2D eigenvalue weighted by Crippen LogP contribution is -2.46. The molecule has 1 heterocycles. The van der Waals surface area contributed by atoms with Crippen molar-refractivity contribution in [1.29, 1.82) is 0 Å². The van der Waals surface area contributed by atoms with Crippen molar-refractivity contribution in [2.45, 2.75) is 63.9 Å². The fraction of sp³-hybridized carbons (Fsp3) is 0.550. The molecule has 0 saturated carbocycles. The highest BCUT2D eigenvalue weighted by Crippen LogP contribution is 2.22. The van der Waals surface area contributed by atoms with Crippen molar-refractivity contribution in [3.63, 3.8) is 0 Å². The number of fused-ring (bicyclic) bond motifs is 1. The lowest BCUT2D eigenvalue weighted by atomic mass is 10.1. The molecule has 1 aliphatic heterocycles. The Balaban J connectivity index is 1.89. The van der Waals surface area contributed by atoms with Crippen LogP contribution < -0.4 is 4.72 Å². The second-order valence-corrected chi connectivity index (χ2v) is 8.71. The highest BCUT2D eigenvalue weighted by molar-refractivity contribution is 7.90. The SMILES string of the molecule is CC[C@H](C)N(C(=O)COC(=O)CCN=C1NS(=O)(=O)c2ccccc21)[C@@H](C)CC. The average Bonchev–Trinajstić information content (AvgIpc) is 2.96. The van der Waals surface area contributed by atoms with Gasteiger partial charge in [0.05, 0.1) is 17.9 Å². The zero-order valence-electron chi connectivity index (χ0n) is 17.3. The van der Waals surface area contributed by atoms with E-state index in [1.54, 1.807) is 23.1 Å². The van der Waals surface area contributed by atoms with Crippen LogP contribution in [0.2, 0.25) is 0 Å². The number of esters is 1. The van der Waals surface area contributed by atoms with E-state index in [1.807, 2.05) is 27.7 Å². The Hall–Kier alpha value is -2.42. The van der Waals surface area contributed by atoms with Gasteiger partial charge in [0.2, 0.25) is 0 Å². The highest BCUT2D eigenvalue weighted by atomic mass is 32.2. The maximum Gasteiger partial charge on any atom is 0.308 e. The predicted molar refractivity (Wildman–Crippen MR) is 110 cm³/mol. The largest absolute Gasteiger partial charge is 0.456 e. The van der Waals surface area contributed by atoms with Crippen LogP contribution in [0.5, 0.6) is 0 Å². The number of rotatable bonds is 9. The number of aliphatic imine (C=N–C) groups is 1. The molecule has 1 amide bonds. The zero-order valence-corrected chi connectivity index (χ0v) is 18.2. The number of amides is 1. The summed E-state index contributed by atoms with van der Waals surface area (Å²) in [5, 5.41) is 0. The summed E-state index contributed by atoms with van der Waals surface area (Å²) >= 11 is 0. The van der Waals surface area contributed by atoms with Crippen LogP contribution >= 0.6 is 0 Å². The summed E-state index contributed by atoms with van der Waals surface area (Å²) in [7, 11) is -3.61. The van der Waals surface area contributed by atoms with E-state index < -0.39 is 16.0 Å². The molecule has 0 unspecified atom stereocenters. The minimum absolute atomic E-state index is 0.0483. The molecule has 0 spiro atoms. The van der Waals surface area contributed by atoms with Crippen LogP contribution in [0.1, 0.15) is 52.5 Å². The first-order valence-electron chi connectivity index (χ1n) is 9.84. The fourth-order valence-electron chi connectivity index (χ4n) is 3.12. The third-order valence-electron chi connectivity index (χ3n) is 5.02. The van der Waals surface area contributed by atoms with Crippen LogP contribution in [0.3, 0.4) is 0 Å². The van der Waals surface area contributed by atoms with Gasteiger partial charge in [-0.05, 0) is 38.8 Å². The zero-order chi connectivity index (χ0) is 21.6. The summed E-state index contributed by atoms with van der Waals surface area (Å²) in [6.07, 6.45) is 1.59.